The monoisotopic (exact) mass is 326 g/mol. The van der Waals surface area contributed by atoms with E-state index in [1.807, 2.05) is 12.3 Å². The predicted molar refractivity (Wildman–Crippen MR) is 90.8 cm³/mol. The Morgan fingerprint density at radius 2 is 2.00 bits per heavy atom. The first-order chi connectivity index (χ1) is 11.4. The van der Waals surface area contributed by atoms with E-state index >= 15 is 0 Å². The van der Waals surface area contributed by atoms with Gasteiger partial charge in [0, 0.05) is 29.9 Å². The third-order valence-electron chi connectivity index (χ3n) is 3.91. The number of carbonyl (C=O) groups is 1. The highest BCUT2D eigenvalue weighted by Crippen LogP contribution is 2.27. The van der Waals surface area contributed by atoms with Crippen LogP contribution in [0.5, 0.6) is 0 Å². The normalized spacial score (nSPS) is 13.8. The number of esters is 1. The summed E-state index contributed by atoms with van der Waals surface area (Å²) in [6.45, 7) is 9.90. The van der Waals surface area contributed by atoms with E-state index in [4.69, 9.17) is 9.72 Å². The molecule has 0 aromatic carbocycles. The molecule has 0 radical (unpaired) electrons. The van der Waals surface area contributed by atoms with Gasteiger partial charge in [-0.2, -0.15) is 0 Å². The number of aromatic nitrogens is 3. The molecule has 0 aliphatic carbocycles. The van der Waals surface area contributed by atoms with Gasteiger partial charge in [-0.05, 0) is 19.1 Å². The maximum atomic E-state index is 11.7. The zero-order valence-electron chi connectivity index (χ0n) is 14.5. The second-order valence-electron chi connectivity index (χ2n) is 6.90. The zero-order chi connectivity index (χ0) is 17.3. The average molecular weight is 326 g/mol. The summed E-state index contributed by atoms with van der Waals surface area (Å²) in [6, 6.07) is 3.59. The zero-order valence-corrected chi connectivity index (χ0v) is 14.5. The summed E-state index contributed by atoms with van der Waals surface area (Å²) in [5.74, 6) is 1.33. The Balaban J connectivity index is 1.77. The smallest absolute Gasteiger partial charge is 0.339 e. The molecule has 0 atom stereocenters. The van der Waals surface area contributed by atoms with Gasteiger partial charge in [0.15, 0.2) is 0 Å². The van der Waals surface area contributed by atoms with Gasteiger partial charge in [-0.25, -0.2) is 19.7 Å². The molecule has 3 rings (SSSR count). The van der Waals surface area contributed by atoms with Crippen molar-refractivity contribution in [2.24, 2.45) is 0 Å². The molecule has 126 valence electrons. The molecule has 3 heterocycles. The maximum absolute atomic E-state index is 11.7. The van der Waals surface area contributed by atoms with Crippen LogP contribution in [0.15, 0.2) is 24.5 Å². The molecule has 0 amide bonds. The van der Waals surface area contributed by atoms with Crippen LogP contribution in [0.2, 0.25) is 0 Å². The van der Waals surface area contributed by atoms with Crippen LogP contribution in [0.4, 0.5) is 5.82 Å². The van der Waals surface area contributed by atoms with Crippen LogP contribution < -0.4 is 4.90 Å². The number of ether oxygens (including phenoxy) is 1. The SMILES string of the molecule is CCOC(=O)c1ccc(N2Cc3cnc(C(C)(C)C)nc3C2)nc1. The fourth-order valence-electron chi connectivity index (χ4n) is 2.59. The first kappa shape index (κ1) is 16.4. The van der Waals surface area contributed by atoms with Gasteiger partial charge in [-0.15, -0.1) is 0 Å². The number of nitrogens with zero attached hydrogens (tertiary/aromatic N) is 4. The molecule has 6 nitrogen and oxygen atoms in total. The van der Waals surface area contributed by atoms with Crippen molar-refractivity contribution in [3.8, 4) is 0 Å². The molecule has 0 saturated carbocycles. The molecule has 2 aromatic heterocycles. The number of carbonyl (C=O) groups excluding carboxylic acids is 1. The summed E-state index contributed by atoms with van der Waals surface area (Å²) in [6.07, 6.45) is 3.47. The minimum atomic E-state index is -0.345. The molecule has 0 spiro atoms. The van der Waals surface area contributed by atoms with Gasteiger partial charge < -0.3 is 9.64 Å². The Labute approximate surface area is 141 Å². The number of fused-ring (bicyclic) bond motifs is 1. The Bertz CT molecular complexity index is 751. The summed E-state index contributed by atoms with van der Waals surface area (Å²) in [4.78, 5) is 27.4. The van der Waals surface area contributed by atoms with Gasteiger partial charge in [0.05, 0.1) is 24.4 Å². The van der Waals surface area contributed by atoms with Crippen LogP contribution in [-0.4, -0.2) is 27.5 Å². The van der Waals surface area contributed by atoms with E-state index in [2.05, 4.69) is 35.6 Å². The van der Waals surface area contributed by atoms with Gasteiger partial charge in [0.25, 0.3) is 0 Å². The average Bonchev–Trinajstić information content (AvgIpc) is 2.97. The molecular formula is C18H22N4O2. The lowest BCUT2D eigenvalue weighted by atomic mass is 9.95. The fourth-order valence-corrected chi connectivity index (χ4v) is 2.59. The van der Waals surface area contributed by atoms with Crippen molar-refractivity contribution >= 4 is 11.8 Å². The standard InChI is InChI=1S/C18H22N4O2/c1-5-24-16(23)12-6-7-15(19-8-12)22-10-13-9-20-17(18(2,3)4)21-14(13)11-22/h6-9H,5,10-11H2,1-4H3. The largest absolute Gasteiger partial charge is 0.462 e. The third-order valence-corrected chi connectivity index (χ3v) is 3.91. The van der Waals surface area contributed by atoms with Gasteiger partial charge >= 0.3 is 5.97 Å². The van der Waals surface area contributed by atoms with E-state index in [0.717, 1.165) is 29.4 Å². The minimum Gasteiger partial charge on any atom is -0.462 e. The summed E-state index contributed by atoms with van der Waals surface area (Å²) in [5.41, 5.74) is 2.57. The van der Waals surface area contributed by atoms with Gasteiger partial charge in [0.1, 0.15) is 11.6 Å². The van der Waals surface area contributed by atoms with Crippen molar-refractivity contribution in [3.63, 3.8) is 0 Å². The van der Waals surface area contributed by atoms with Crippen molar-refractivity contribution in [2.75, 3.05) is 11.5 Å². The van der Waals surface area contributed by atoms with Crippen LogP contribution in [0.25, 0.3) is 0 Å². The highest BCUT2D eigenvalue weighted by atomic mass is 16.5. The van der Waals surface area contributed by atoms with Gasteiger partial charge in [0.2, 0.25) is 0 Å². The Morgan fingerprint density at radius 3 is 2.62 bits per heavy atom. The number of pyridine rings is 1. The van der Waals surface area contributed by atoms with Crippen molar-refractivity contribution in [1.29, 1.82) is 0 Å². The lowest BCUT2D eigenvalue weighted by Gasteiger charge is -2.17. The second kappa shape index (κ2) is 6.19. The van der Waals surface area contributed by atoms with E-state index < -0.39 is 0 Å². The van der Waals surface area contributed by atoms with E-state index in [-0.39, 0.29) is 11.4 Å². The number of rotatable bonds is 3. The van der Waals surface area contributed by atoms with Crippen LogP contribution in [0.1, 0.15) is 55.1 Å². The van der Waals surface area contributed by atoms with E-state index in [1.165, 1.54) is 0 Å². The first-order valence-electron chi connectivity index (χ1n) is 8.12. The molecule has 0 unspecified atom stereocenters. The predicted octanol–water partition coefficient (Wildman–Crippen LogP) is 2.87. The highest BCUT2D eigenvalue weighted by Gasteiger charge is 2.25. The lowest BCUT2D eigenvalue weighted by molar-refractivity contribution is 0.0526. The number of hydrogen-bond acceptors (Lipinski definition) is 6. The van der Waals surface area contributed by atoms with Crippen molar-refractivity contribution in [1.82, 2.24) is 15.0 Å². The number of anilines is 1. The minimum absolute atomic E-state index is 0.0675. The van der Waals surface area contributed by atoms with Crippen molar-refractivity contribution in [2.45, 2.75) is 46.2 Å². The van der Waals surface area contributed by atoms with E-state index in [1.54, 1.807) is 19.2 Å². The molecular weight excluding hydrogens is 304 g/mol. The number of hydrogen-bond donors (Lipinski definition) is 0. The Hall–Kier alpha value is -2.50. The molecule has 1 aliphatic heterocycles. The molecule has 6 heteroatoms. The summed E-state index contributed by atoms with van der Waals surface area (Å²) < 4.78 is 4.98. The molecule has 0 N–H and O–H groups in total. The summed E-state index contributed by atoms with van der Waals surface area (Å²) >= 11 is 0. The third kappa shape index (κ3) is 3.22. The first-order valence-corrected chi connectivity index (χ1v) is 8.12. The van der Waals surface area contributed by atoms with Crippen LogP contribution in [0, 0.1) is 0 Å². The second-order valence-corrected chi connectivity index (χ2v) is 6.90. The van der Waals surface area contributed by atoms with Gasteiger partial charge in [-0.1, -0.05) is 20.8 Å². The quantitative estimate of drug-likeness (QED) is 0.808. The molecule has 0 saturated heterocycles. The Kier molecular flexibility index (Phi) is 4.22. The molecule has 0 bridgehead atoms. The maximum Gasteiger partial charge on any atom is 0.339 e. The van der Waals surface area contributed by atoms with E-state index in [0.29, 0.717) is 18.7 Å². The van der Waals surface area contributed by atoms with Crippen LogP contribution in [-0.2, 0) is 23.2 Å². The molecule has 2 aromatic rings. The highest BCUT2D eigenvalue weighted by molar-refractivity contribution is 5.89. The van der Waals surface area contributed by atoms with Crippen molar-refractivity contribution < 1.29 is 9.53 Å². The van der Waals surface area contributed by atoms with Crippen LogP contribution >= 0.6 is 0 Å². The molecule has 1 aliphatic rings. The van der Waals surface area contributed by atoms with Crippen LogP contribution in [0.3, 0.4) is 0 Å². The topological polar surface area (TPSA) is 68.2 Å². The van der Waals surface area contributed by atoms with Crippen molar-refractivity contribution in [3.05, 3.63) is 47.2 Å². The Morgan fingerprint density at radius 1 is 1.21 bits per heavy atom. The molecule has 0 fully saturated rings. The van der Waals surface area contributed by atoms with Gasteiger partial charge in [-0.3, -0.25) is 0 Å². The lowest BCUT2D eigenvalue weighted by Crippen LogP contribution is -2.18. The van der Waals surface area contributed by atoms with E-state index in [9.17, 15) is 4.79 Å². The summed E-state index contributed by atoms with van der Waals surface area (Å²) in [5, 5.41) is 0. The molecule has 24 heavy (non-hydrogen) atoms. The fraction of sp³-hybridized carbons (Fsp3) is 0.444. The summed E-state index contributed by atoms with van der Waals surface area (Å²) in [7, 11) is 0.